The van der Waals surface area contributed by atoms with E-state index in [2.05, 4.69) is 5.32 Å². The molecule has 0 bridgehead atoms. The predicted octanol–water partition coefficient (Wildman–Crippen LogP) is 3.52. The molecule has 19 heavy (non-hydrogen) atoms. The number of nitrogens with one attached hydrogen (secondary N) is 1. The Morgan fingerprint density at radius 3 is 2.11 bits per heavy atom. The number of ether oxygens (including phenoxy) is 1. The zero-order valence-corrected chi connectivity index (χ0v) is 12.4. The van der Waals surface area contributed by atoms with Crippen molar-refractivity contribution in [1.29, 1.82) is 0 Å². The minimum absolute atomic E-state index is 0.282. The van der Waals surface area contributed by atoms with Crippen LogP contribution in [0.3, 0.4) is 0 Å². The first-order valence-electron chi connectivity index (χ1n) is 5.77. The summed E-state index contributed by atoms with van der Waals surface area (Å²) >= 11 is 11.6. The van der Waals surface area contributed by atoms with Crippen LogP contribution in [-0.2, 0) is 14.3 Å². The topological polar surface area (TPSA) is 55.4 Å². The van der Waals surface area contributed by atoms with Gasteiger partial charge in [0.25, 0.3) is 5.91 Å². The number of carbonyl (C=O) groups excluding carboxylic acids is 2. The van der Waals surface area contributed by atoms with Crippen LogP contribution in [0.5, 0.6) is 0 Å². The van der Waals surface area contributed by atoms with Crippen LogP contribution in [0, 0.1) is 5.92 Å². The summed E-state index contributed by atoms with van der Waals surface area (Å²) in [5, 5.41) is 3.41. The minimum Gasteiger partial charge on any atom is -0.452 e. The molecular formula is C13H15Cl2NO3. The minimum atomic E-state index is -0.882. The van der Waals surface area contributed by atoms with Crippen LogP contribution in [0.15, 0.2) is 18.2 Å². The van der Waals surface area contributed by atoms with Gasteiger partial charge in [0, 0.05) is 15.7 Å². The second kappa shape index (κ2) is 6.78. The number of carbonyl (C=O) groups is 2. The lowest BCUT2D eigenvalue weighted by Gasteiger charge is -2.15. The molecule has 1 aromatic rings. The maximum absolute atomic E-state index is 11.8. The number of anilines is 1. The Morgan fingerprint density at radius 1 is 1.11 bits per heavy atom. The van der Waals surface area contributed by atoms with Crippen molar-refractivity contribution in [2.45, 2.75) is 26.9 Å². The maximum atomic E-state index is 11.8. The second-order valence-corrected chi connectivity index (χ2v) is 5.25. The van der Waals surface area contributed by atoms with Gasteiger partial charge < -0.3 is 10.1 Å². The molecule has 0 aliphatic carbocycles. The van der Waals surface area contributed by atoms with E-state index in [1.807, 2.05) is 0 Å². The quantitative estimate of drug-likeness (QED) is 0.866. The molecule has 1 aromatic carbocycles. The standard InChI is InChI=1S/C13H15Cl2NO3/c1-7(2)13(18)19-8(3)12(17)16-11-5-9(14)4-10(15)6-11/h4-8H,1-3H3,(H,16,17)/t8-/m1/s1. The third-order valence-electron chi connectivity index (χ3n) is 2.26. The molecule has 6 heteroatoms. The lowest BCUT2D eigenvalue weighted by molar-refractivity contribution is -0.156. The Labute approximate surface area is 122 Å². The zero-order valence-electron chi connectivity index (χ0n) is 10.9. The Morgan fingerprint density at radius 2 is 1.63 bits per heavy atom. The number of rotatable bonds is 4. The normalized spacial score (nSPS) is 12.1. The van der Waals surface area contributed by atoms with Gasteiger partial charge in [0.05, 0.1) is 5.92 Å². The fraction of sp³-hybridized carbons (Fsp3) is 0.385. The van der Waals surface area contributed by atoms with Crippen molar-refractivity contribution in [1.82, 2.24) is 0 Å². The molecule has 0 saturated carbocycles. The Hall–Kier alpha value is -1.26. The van der Waals surface area contributed by atoms with E-state index in [1.165, 1.54) is 6.92 Å². The van der Waals surface area contributed by atoms with Crippen LogP contribution in [0.1, 0.15) is 20.8 Å². The smallest absolute Gasteiger partial charge is 0.309 e. The van der Waals surface area contributed by atoms with Crippen molar-refractivity contribution in [2.24, 2.45) is 5.92 Å². The van der Waals surface area contributed by atoms with E-state index in [-0.39, 0.29) is 5.92 Å². The van der Waals surface area contributed by atoms with Crippen molar-refractivity contribution >= 4 is 40.8 Å². The average Bonchev–Trinajstić information content (AvgIpc) is 2.26. The Bertz CT molecular complexity index is 469. The summed E-state index contributed by atoms with van der Waals surface area (Å²) in [6.45, 7) is 4.90. The largest absolute Gasteiger partial charge is 0.452 e. The van der Waals surface area contributed by atoms with Gasteiger partial charge in [0.2, 0.25) is 0 Å². The first-order chi connectivity index (χ1) is 8.79. The van der Waals surface area contributed by atoms with Gasteiger partial charge >= 0.3 is 5.97 Å². The van der Waals surface area contributed by atoms with Crippen molar-refractivity contribution in [3.8, 4) is 0 Å². The van der Waals surface area contributed by atoms with Crippen LogP contribution >= 0.6 is 23.2 Å². The number of halogens is 2. The van der Waals surface area contributed by atoms with Crippen LogP contribution in [0.2, 0.25) is 10.0 Å². The van der Waals surface area contributed by atoms with E-state index in [0.29, 0.717) is 15.7 Å². The highest BCUT2D eigenvalue weighted by atomic mass is 35.5. The second-order valence-electron chi connectivity index (χ2n) is 4.38. The number of benzene rings is 1. The monoisotopic (exact) mass is 303 g/mol. The van der Waals surface area contributed by atoms with E-state index in [1.54, 1.807) is 32.0 Å². The van der Waals surface area contributed by atoms with E-state index in [4.69, 9.17) is 27.9 Å². The number of hydrogen-bond acceptors (Lipinski definition) is 3. The van der Waals surface area contributed by atoms with Crippen LogP contribution in [0.25, 0.3) is 0 Å². The molecular weight excluding hydrogens is 289 g/mol. The molecule has 0 radical (unpaired) electrons. The van der Waals surface area contributed by atoms with Gasteiger partial charge in [-0.05, 0) is 25.1 Å². The summed E-state index contributed by atoms with van der Waals surface area (Å²) in [6.07, 6.45) is -0.882. The van der Waals surface area contributed by atoms with E-state index >= 15 is 0 Å². The lowest BCUT2D eigenvalue weighted by Crippen LogP contribution is -2.31. The van der Waals surface area contributed by atoms with Gasteiger partial charge in [-0.2, -0.15) is 0 Å². The highest BCUT2D eigenvalue weighted by molar-refractivity contribution is 6.35. The first-order valence-corrected chi connectivity index (χ1v) is 6.52. The van der Waals surface area contributed by atoms with E-state index in [9.17, 15) is 9.59 Å². The summed E-state index contributed by atoms with van der Waals surface area (Å²) in [4.78, 5) is 23.2. The summed E-state index contributed by atoms with van der Waals surface area (Å²) in [5.74, 6) is -1.14. The summed E-state index contributed by atoms with van der Waals surface area (Å²) < 4.78 is 4.99. The zero-order chi connectivity index (χ0) is 14.6. The van der Waals surface area contributed by atoms with Gasteiger partial charge in [-0.1, -0.05) is 37.0 Å². The van der Waals surface area contributed by atoms with Crippen LogP contribution in [0.4, 0.5) is 5.69 Å². The molecule has 1 atom stereocenters. The SMILES string of the molecule is CC(C)C(=O)O[C@H](C)C(=O)Nc1cc(Cl)cc(Cl)c1. The van der Waals surface area contributed by atoms with Crippen molar-refractivity contribution in [3.05, 3.63) is 28.2 Å². The molecule has 0 aliphatic heterocycles. The molecule has 1 amide bonds. The molecule has 1 N–H and O–H groups in total. The molecule has 0 heterocycles. The molecule has 0 fully saturated rings. The lowest BCUT2D eigenvalue weighted by atomic mass is 10.2. The molecule has 0 aromatic heterocycles. The van der Waals surface area contributed by atoms with Crippen molar-refractivity contribution < 1.29 is 14.3 Å². The van der Waals surface area contributed by atoms with Gasteiger partial charge in [-0.25, -0.2) is 0 Å². The Kier molecular flexibility index (Phi) is 5.63. The number of hydrogen-bond donors (Lipinski definition) is 1. The third kappa shape index (κ3) is 5.09. The van der Waals surface area contributed by atoms with Gasteiger partial charge in [0.15, 0.2) is 6.10 Å². The van der Waals surface area contributed by atoms with Crippen LogP contribution in [-0.4, -0.2) is 18.0 Å². The van der Waals surface area contributed by atoms with E-state index in [0.717, 1.165) is 0 Å². The third-order valence-corrected chi connectivity index (χ3v) is 2.70. The summed E-state index contributed by atoms with van der Waals surface area (Å²) in [7, 11) is 0. The van der Waals surface area contributed by atoms with Crippen molar-refractivity contribution in [2.75, 3.05) is 5.32 Å². The molecule has 4 nitrogen and oxygen atoms in total. The highest BCUT2D eigenvalue weighted by Crippen LogP contribution is 2.22. The summed E-state index contributed by atoms with van der Waals surface area (Å²) in [6, 6.07) is 4.67. The Balaban J connectivity index is 2.66. The summed E-state index contributed by atoms with van der Waals surface area (Å²) in [5.41, 5.74) is 0.454. The van der Waals surface area contributed by atoms with Gasteiger partial charge in [0.1, 0.15) is 0 Å². The van der Waals surface area contributed by atoms with Crippen LogP contribution < -0.4 is 5.32 Å². The number of esters is 1. The fourth-order valence-electron chi connectivity index (χ4n) is 1.23. The van der Waals surface area contributed by atoms with Crippen molar-refractivity contribution in [3.63, 3.8) is 0 Å². The highest BCUT2D eigenvalue weighted by Gasteiger charge is 2.19. The molecule has 104 valence electrons. The molecule has 0 saturated heterocycles. The molecule has 1 rings (SSSR count). The fourth-order valence-corrected chi connectivity index (χ4v) is 1.76. The molecule has 0 aliphatic rings. The molecule has 0 spiro atoms. The predicted molar refractivity (Wildman–Crippen MR) is 75.5 cm³/mol. The van der Waals surface area contributed by atoms with E-state index < -0.39 is 18.0 Å². The van der Waals surface area contributed by atoms with Gasteiger partial charge in [-0.3, -0.25) is 9.59 Å². The van der Waals surface area contributed by atoms with Gasteiger partial charge in [-0.15, -0.1) is 0 Å². The molecule has 0 unspecified atom stereocenters. The first kappa shape index (κ1) is 15.8. The average molecular weight is 304 g/mol. The number of amides is 1. The maximum Gasteiger partial charge on any atom is 0.309 e.